The molecule has 0 aliphatic rings. The molecule has 3 atom stereocenters. The third-order valence-electron chi connectivity index (χ3n) is 14.3. The van der Waals surface area contributed by atoms with Gasteiger partial charge in [-0.15, -0.1) is 0 Å². The maximum atomic E-state index is 13.5. The highest BCUT2D eigenvalue weighted by atomic mass is 31.2. The van der Waals surface area contributed by atoms with E-state index < -0.39 is 20.0 Å². The van der Waals surface area contributed by atoms with E-state index in [1.165, 1.54) is 212 Å². The number of esters is 1. The molecule has 0 bridgehead atoms. The second-order valence-electron chi connectivity index (χ2n) is 22.9. The van der Waals surface area contributed by atoms with E-state index in [0.29, 0.717) is 23.9 Å². The van der Waals surface area contributed by atoms with E-state index in [-0.39, 0.29) is 25.1 Å². The van der Waals surface area contributed by atoms with Crippen molar-refractivity contribution in [2.24, 2.45) is 0 Å². The van der Waals surface area contributed by atoms with Gasteiger partial charge in [0.05, 0.1) is 33.8 Å². The third kappa shape index (κ3) is 55.0. The highest BCUT2D eigenvalue weighted by molar-refractivity contribution is 7.47. The molecule has 0 radical (unpaired) electrons. The van der Waals surface area contributed by atoms with Gasteiger partial charge in [-0.3, -0.25) is 18.6 Å². The Morgan fingerprint density at radius 2 is 0.784 bits per heavy atom. The first-order chi connectivity index (χ1) is 35.9. The summed E-state index contributed by atoms with van der Waals surface area (Å²) >= 11 is 0. The van der Waals surface area contributed by atoms with Crippen molar-refractivity contribution < 1.29 is 37.3 Å². The van der Waals surface area contributed by atoms with Crippen LogP contribution in [0.25, 0.3) is 0 Å². The Morgan fingerprint density at radius 1 is 0.459 bits per heavy atom. The molecule has 0 rings (SSSR count). The zero-order valence-corrected chi connectivity index (χ0v) is 50.7. The van der Waals surface area contributed by atoms with Crippen LogP contribution >= 0.6 is 7.82 Å². The van der Waals surface area contributed by atoms with E-state index in [9.17, 15) is 19.0 Å². The van der Waals surface area contributed by atoms with E-state index in [0.717, 1.165) is 64.2 Å². The summed E-state index contributed by atoms with van der Waals surface area (Å²) in [5, 5.41) is 3.06. The zero-order valence-electron chi connectivity index (χ0n) is 49.9. The van der Waals surface area contributed by atoms with Gasteiger partial charge in [-0.2, -0.15) is 0 Å². The van der Waals surface area contributed by atoms with Crippen LogP contribution in [-0.4, -0.2) is 74.3 Å². The van der Waals surface area contributed by atoms with Crippen LogP contribution in [0.4, 0.5) is 0 Å². The first-order valence-electron chi connectivity index (χ1n) is 31.8. The minimum atomic E-state index is -4.45. The van der Waals surface area contributed by atoms with Gasteiger partial charge in [0.1, 0.15) is 19.3 Å². The van der Waals surface area contributed by atoms with E-state index in [2.05, 4.69) is 50.4 Å². The number of amides is 1. The molecule has 10 heteroatoms. The molecule has 0 aliphatic carbocycles. The number of allylic oxidation sites excluding steroid dienone is 5. The molecule has 0 spiro atoms. The summed E-state index contributed by atoms with van der Waals surface area (Å²) in [6, 6.07) is -0.848. The topological polar surface area (TPSA) is 111 Å². The summed E-state index contributed by atoms with van der Waals surface area (Å²) in [6.45, 7) is 7.03. The maximum Gasteiger partial charge on any atom is 0.472 e. The molecule has 3 unspecified atom stereocenters. The molecular weight excluding hydrogens is 940 g/mol. The molecule has 0 heterocycles. The molecule has 0 aromatic heterocycles. The van der Waals surface area contributed by atoms with Gasteiger partial charge in [-0.1, -0.05) is 250 Å². The Kier molecular flexibility index (Phi) is 53.3. The van der Waals surface area contributed by atoms with Crippen molar-refractivity contribution in [2.45, 2.75) is 322 Å². The number of likely N-dealkylation sites (N-methyl/N-ethyl adjacent to an activating group) is 1. The van der Waals surface area contributed by atoms with Crippen LogP contribution in [0.2, 0.25) is 0 Å². The summed E-state index contributed by atoms with van der Waals surface area (Å²) < 4.78 is 30.7. The highest BCUT2D eigenvalue weighted by Gasteiger charge is 2.30. The zero-order chi connectivity index (χ0) is 54.3. The van der Waals surface area contributed by atoms with E-state index >= 15 is 0 Å². The smallest absolute Gasteiger partial charge is 0.456 e. The molecule has 436 valence electrons. The van der Waals surface area contributed by atoms with Gasteiger partial charge in [-0.25, -0.2) is 4.57 Å². The van der Waals surface area contributed by atoms with Crippen LogP contribution in [0, 0.1) is 0 Å². The number of hydrogen-bond donors (Lipinski definition) is 2. The molecule has 1 amide bonds. The van der Waals surface area contributed by atoms with Crippen LogP contribution in [0.3, 0.4) is 0 Å². The predicted molar refractivity (Wildman–Crippen MR) is 319 cm³/mol. The fourth-order valence-corrected chi connectivity index (χ4v) is 10.1. The first kappa shape index (κ1) is 72.2. The molecule has 0 aliphatic heterocycles. The first-order valence-corrected chi connectivity index (χ1v) is 33.3. The lowest BCUT2D eigenvalue weighted by Crippen LogP contribution is -2.47. The summed E-state index contributed by atoms with van der Waals surface area (Å²) in [6.07, 6.45) is 65.6. The van der Waals surface area contributed by atoms with Crippen molar-refractivity contribution in [3.8, 4) is 0 Å². The Hall–Kier alpha value is -1.77. The van der Waals surface area contributed by atoms with Gasteiger partial charge >= 0.3 is 13.8 Å². The number of ether oxygens (including phenoxy) is 1. The number of nitrogens with one attached hydrogen (secondary N) is 1. The molecule has 0 aromatic rings. The van der Waals surface area contributed by atoms with Gasteiger partial charge in [0.2, 0.25) is 5.91 Å². The van der Waals surface area contributed by atoms with Crippen molar-refractivity contribution in [2.75, 3.05) is 40.9 Å². The van der Waals surface area contributed by atoms with Gasteiger partial charge in [0, 0.05) is 12.8 Å². The van der Waals surface area contributed by atoms with E-state index in [4.69, 9.17) is 13.8 Å². The van der Waals surface area contributed by atoms with Crippen LogP contribution in [0.1, 0.15) is 310 Å². The normalized spacial score (nSPS) is 13.9. The van der Waals surface area contributed by atoms with Crippen LogP contribution in [-0.2, 0) is 27.9 Å². The molecule has 0 saturated heterocycles. The average molecular weight is 1060 g/mol. The lowest BCUT2D eigenvalue weighted by molar-refractivity contribution is -0.870. The lowest BCUT2D eigenvalue weighted by atomic mass is 10.0. The number of rotatable bonds is 58. The number of unbranched alkanes of at least 4 members (excludes halogenated alkanes) is 38. The number of hydrogen-bond acceptors (Lipinski definition) is 6. The number of nitrogens with zero attached hydrogens (tertiary/aromatic N) is 1. The average Bonchev–Trinajstić information content (AvgIpc) is 3.36. The largest absolute Gasteiger partial charge is 0.472 e. The molecule has 0 aromatic carbocycles. The highest BCUT2D eigenvalue weighted by Crippen LogP contribution is 2.43. The van der Waals surface area contributed by atoms with Crippen LogP contribution < -0.4 is 5.32 Å². The molecular formula is C64H124N2O7P+. The maximum absolute atomic E-state index is 13.5. The lowest BCUT2D eigenvalue weighted by Gasteiger charge is -2.27. The Labute approximate surface area is 459 Å². The number of carbonyl (C=O) groups excluding carboxylic acids is 2. The van der Waals surface area contributed by atoms with Crippen molar-refractivity contribution in [3.63, 3.8) is 0 Å². The number of carbonyl (C=O) groups is 2. The minimum absolute atomic E-state index is 0.0408. The van der Waals surface area contributed by atoms with E-state index in [1.807, 2.05) is 33.3 Å². The van der Waals surface area contributed by atoms with Crippen molar-refractivity contribution in [3.05, 3.63) is 36.5 Å². The second-order valence-corrected chi connectivity index (χ2v) is 24.4. The standard InChI is InChI=1S/C64H123N2O7P/c1-7-10-13-16-19-22-25-28-30-32-33-35-37-39-42-45-48-51-54-57-64(68)73-62(55-52-49-46-43-40-27-24-21-18-15-12-9-3)61(60-72-74(69,70)71-59-58-66(4,5)6)65-63(67)56-53-50-47-44-41-38-36-34-31-29-26-23-20-17-14-11-8-2/h28-31,52,55,61-62H,7-27,32-51,53-54,56-60H2,1-6H3,(H-,65,67,69,70)/p+1/b30-28+,31-29+,55-52+. The van der Waals surface area contributed by atoms with Crippen molar-refractivity contribution in [1.82, 2.24) is 5.32 Å². The van der Waals surface area contributed by atoms with Gasteiger partial charge < -0.3 is 19.4 Å². The van der Waals surface area contributed by atoms with Crippen molar-refractivity contribution >= 4 is 19.7 Å². The Balaban J connectivity index is 5.23. The van der Waals surface area contributed by atoms with Gasteiger partial charge in [0.25, 0.3) is 0 Å². The van der Waals surface area contributed by atoms with Gasteiger partial charge in [-0.05, 0) is 83.1 Å². The number of phosphoric acid groups is 1. The molecule has 74 heavy (non-hydrogen) atoms. The fraction of sp³-hybridized carbons (Fsp3) is 0.875. The predicted octanol–water partition coefficient (Wildman–Crippen LogP) is 19.5. The summed E-state index contributed by atoms with van der Waals surface area (Å²) in [5.41, 5.74) is 0. The second kappa shape index (κ2) is 54.6. The van der Waals surface area contributed by atoms with E-state index in [1.54, 1.807) is 0 Å². The third-order valence-corrected chi connectivity index (χ3v) is 15.3. The molecule has 0 fully saturated rings. The quantitative estimate of drug-likeness (QED) is 0.0205. The number of phosphoric ester groups is 1. The molecule has 2 N–H and O–H groups in total. The molecule has 0 saturated carbocycles. The summed E-state index contributed by atoms with van der Waals surface area (Å²) in [4.78, 5) is 37.7. The fourth-order valence-electron chi connectivity index (χ4n) is 9.34. The van der Waals surface area contributed by atoms with Crippen LogP contribution in [0.15, 0.2) is 36.5 Å². The van der Waals surface area contributed by atoms with Gasteiger partial charge in [0.15, 0.2) is 0 Å². The number of quaternary nitrogens is 1. The monoisotopic (exact) mass is 1060 g/mol. The molecule has 9 nitrogen and oxygen atoms in total. The van der Waals surface area contributed by atoms with Crippen molar-refractivity contribution in [1.29, 1.82) is 0 Å². The summed E-state index contributed by atoms with van der Waals surface area (Å²) in [7, 11) is 1.50. The Morgan fingerprint density at radius 3 is 1.15 bits per heavy atom. The van der Waals surface area contributed by atoms with Crippen LogP contribution in [0.5, 0.6) is 0 Å². The summed E-state index contributed by atoms with van der Waals surface area (Å²) in [5.74, 6) is -0.501. The Bertz CT molecular complexity index is 1360. The minimum Gasteiger partial charge on any atom is -0.456 e. The SMILES string of the molecule is CCCCCCCC/C=C/CCCCCCCCCCCC(=O)OC(/C=C/CCCCCCCCCCCC)C(COP(=O)(O)OCC[N+](C)(C)C)NC(=O)CCCCCCCCC/C=C/CCCCCCCC.